The summed E-state index contributed by atoms with van der Waals surface area (Å²) in [5.74, 6) is 0. The van der Waals surface area contributed by atoms with Crippen LogP contribution in [0.1, 0.15) is 30.0 Å². The van der Waals surface area contributed by atoms with Crippen molar-refractivity contribution in [2.24, 2.45) is 0 Å². The van der Waals surface area contributed by atoms with Crippen LogP contribution in [-0.4, -0.2) is 0 Å². The average Bonchev–Trinajstić information content (AvgIpc) is 2.16. The van der Waals surface area contributed by atoms with Crippen molar-refractivity contribution >= 4 is 12.2 Å². The lowest BCUT2D eigenvalue weighted by Crippen LogP contribution is -1.81. The Balaban J connectivity index is 3.06. The fourth-order valence-corrected chi connectivity index (χ4v) is 1.27. The van der Waals surface area contributed by atoms with Crippen molar-refractivity contribution < 1.29 is 0 Å². The first-order valence-electron chi connectivity index (χ1n) is 4.67. The molecule has 0 spiro atoms. The normalized spacial score (nSPS) is 10.6. The summed E-state index contributed by atoms with van der Waals surface area (Å²) in [5.41, 5.74) is 3.75. The predicted octanol–water partition coefficient (Wildman–Crippen LogP) is 4.06. The highest BCUT2D eigenvalue weighted by Crippen LogP contribution is 2.14. The molecule has 0 unspecified atom stereocenters. The van der Waals surface area contributed by atoms with E-state index < -0.39 is 0 Å². The van der Waals surface area contributed by atoms with Crippen LogP contribution in [-0.2, 0) is 0 Å². The first kappa shape index (κ1) is 9.79. The second kappa shape index (κ2) is 4.66. The van der Waals surface area contributed by atoms with Gasteiger partial charge in [0.05, 0.1) is 0 Å². The molecular formula is C13H16. The zero-order valence-electron chi connectivity index (χ0n) is 8.38. The van der Waals surface area contributed by atoms with Gasteiger partial charge in [0.2, 0.25) is 0 Å². The summed E-state index contributed by atoms with van der Waals surface area (Å²) in [5, 5.41) is 0. The number of rotatable bonds is 3. The Labute approximate surface area is 80.6 Å². The zero-order chi connectivity index (χ0) is 9.68. The van der Waals surface area contributed by atoms with Crippen LogP contribution >= 0.6 is 0 Å². The standard InChI is InChI=1S/C13H16/c1-4-6-7-13-9-8-11(3)10-12(13)5-2/h5-10H,2,4H2,1,3H3/b7-6-. The molecule has 1 aromatic carbocycles. The summed E-state index contributed by atoms with van der Waals surface area (Å²) in [6.07, 6.45) is 7.29. The maximum atomic E-state index is 3.81. The largest absolute Gasteiger partial charge is 0.0984 e. The SMILES string of the molecule is C=Cc1cc(C)ccc1/C=C\CC. The van der Waals surface area contributed by atoms with Crippen molar-refractivity contribution in [3.63, 3.8) is 0 Å². The molecule has 0 nitrogen and oxygen atoms in total. The van der Waals surface area contributed by atoms with Crippen LogP contribution in [0.4, 0.5) is 0 Å². The van der Waals surface area contributed by atoms with Crippen molar-refractivity contribution in [2.45, 2.75) is 20.3 Å². The monoisotopic (exact) mass is 172 g/mol. The highest BCUT2D eigenvalue weighted by atomic mass is 14.0. The molecule has 0 bridgehead atoms. The number of aryl methyl sites for hydroxylation is 1. The first-order valence-corrected chi connectivity index (χ1v) is 4.67. The molecule has 0 aromatic heterocycles. The predicted molar refractivity (Wildman–Crippen MR) is 60.6 cm³/mol. The highest BCUT2D eigenvalue weighted by Gasteiger charge is 1.94. The van der Waals surface area contributed by atoms with Crippen molar-refractivity contribution in [1.82, 2.24) is 0 Å². The Morgan fingerprint density at radius 3 is 2.69 bits per heavy atom. The summed E-state index contributed by atoms with van der Waals surface area (Å²) in [6, 6.07) is 6.42. The van der Waals surface area contributed by atoms with Crippen LogP contribution in [0, 0.1) is 6.92 Å². The minimum absolute atomic E-state index is 1.07. The average molecular weight is 172 g/mol. The van der Waals surface area contributed by atoms with Gasteiger partial charge in [-0.05, 0) is 24.5 Å². The fourth-order valence-electron chi connectivity index (χ4n) is 1.27. The molecule has 0 aliphatic heterocycles. The van der Waals surface area contributed by atoms with E-state index in [4.69, 9.17) is 0 Å². The Morgan fingerprint density at radius 2 is 2.08 bits per heavy atom. The molecule has 0 aliphatic carbocycles. The molecule has 0 heterocycles. The van der Waals surface area contributed by atoms with Gasteiger partial charge < -0.3 is 0 Å². The highest BCUT2D eigenvalue weighted by molar-refractivity contribution is 5.64. The van der Waals surface area contributed by atoms with Gasteiger partial charge in [-0.2, -0.15) is 0 Å². The van der Waals surface area contributed by atoms with Gasteiger partial charge in [-0.3, -0.25) is 0 Å². The van der Waals surface area contributed by atoms with Crippen LogP contribution in [0.15, 0.2) is 30.9 Å². The van der Waals surface area contributed by atoms with Gasteiger partial charge in [0, 0.05) is 0 Å². The number of allylic oxidation sites excluding steroid dienone is 1. The van der Waals surface area contributed by atoms with Gasteiger partial charge in [0.25, 0.3) is 0 Å². The molecule has 0 saturated carbocycles. The van der Waals surface area contributed by atoms with Crippen LogP contribution in [0.5, 0.6) is 0 Å². The van der Waals surface area contributed by atoms with Gasteiger partial charge in [0.1, 0.15) is 0 Å². The summed E-state index contributed by atoms with van der Waals surface area (Å²) in [7, 11) is 0. The summed E-state index contributed by atoms with van der Waals surface area (Å²) < 4.78 is 0. The van der Waals surface area contributed by atoms with Crippen molar-refractivity contribution in [2.75, 3.05) is 0 Å². The summed E-state index contributed by atoms with van der Waals surface area (Å²) >= 11 is 0. The van der Waals surface area contributed by atoms with E-state index in [9.17, 15) is 0 Å². The fraction of sp³-hybridized carbons (Fsp3) is 0.231. The van der Waals surface area contributed by atoms with E-state index >= 15 is 0 Å². The van der Waals surface area contributed by atoms with E-state index in [1.807, 2.05) is 6.08 Å². The molecule has 0 radical (unpaired) electrons. The van der Waals surface area contributed by atoms with Crippen molar-refractivity contribution in [1.29, 1.82) is 0 Å². The molecule has 0 N–H and O–H groups in total. The van der Waals surface area contributed by atoms with Gasteiger partial charge in [-0.15, -0.1) is 0 Å². The third kappa shape index (κ3) is 2.59. The van der Waals surface area contributed by atoms with Crippen LogP contribution in [0.3, 0.4) is 0 Å². The molecule has 1 aromatic rings. The molecule has 0 atom stereocenters. The molecule has 68 valence electrons. The Kier molecular flexibility index (Phi) is 3.51. The van der Waals surface area contributed by atoms with E-state index in [0.29, 0.717) is 0 Å². The molecule has 13 heavy (non-hydrogen) atoms. The summed E-state index contributed by atoms with van der Waals surface area (Å²) in [6.45, 7) is 8.04. The van der Waals surface area contributed by atoms with E-state index in [0.717, 1.165) is 6.42 Å². The Hall–Kier alpha value is -1.30. The van der Waals surface area contributed by atoms with E-state index in [2.05, 4.69) is 50.8 Å². The van der Waals surface area contributed by atoms with E-state index in [-0.39, 0.29) is 0 Å². The maximum absolute atomic E-state index is 3.81. The van der Waals surface area contributed by atoms with Gasteiger partial charge in [-0.1, -0.05) is 55.5 Å². The van der Waals surface area contributed by atoms with Crippen LogP contribution in [0.2, 0.25) is 0 Å². The topological polar surface area (TPSA) is 0 Å². The molecule has 0 heteroatoms. The second-order valence-corrected chi connectivity index (χ2v) is 3.15. The molecular weight excluding hydrogens is 156 g/mol. The molecule has 0 aliphatic rings. The van der Waals surface area contributed by atoms with Crippen molar-refractivity contribution in [3.05, 3.63) is 47.5 Å². The molecule has 1 rings (SSSR count). The van der Waals surface area contributed by atoms with Gasteiger partial charge in [0.15, 0.2) is 0 Å². The Morgan fingerprint density at radius 1 is 1.31 bits per heavy atom. The molecule has 0 fully saturated rings. The van der Waals surface area contributed by atoms with Crippen LogP contribution in [0.25, 0.3) is 12.2 Å². The quantitative estimate of drug-likeness (QED) is 0.645. The lowest BCUT2D eigenvalue weighted by molar-refractivity contribution is 1.23. The molecule has 0 amide bonds. The van der Waals surface area contributed by atoms with E-state index in [1.165, 1.54) is 16.7 Å². The minimum atomic E-state index is 1.07. The molecule has 0 saturated heterocycles. The lowest BCUT2D eigenvalue weighted by atomic mass is 10.0. The minimum Gasteiger partial charge on any atom is -0.0984 e. The lowest BCUT2D eigenvalue weighted by Gasteiger charge is -2.01. The zero-order valence-corrected chi connectivity index (χ0v) is 8.38. The number of hydrogen-bond donors (Lipinski definition) is 0. The smallest absolute Gasteiger partial charge is 0.0187 e. The number of benzene rings is 1. The van der Waals surface area contributed by atoms with Crippen molar-refractivity contribution in [3.8, 4) is 0 Å². The second-order valence-electron chi connectivity index (χ2n) is 3.15. The van der Waals surface area contributed by atoms with E-state index in [1.54, 1.807) is 0 Å². The third-order valence-electron chi connectivity index (χ3n) is 2.00. The first-order chi connectivity index (χ1) is 6.27. The van der Waals surface area contributed by atoms with Gasteiger partial charge >= 0.3 is 0 Å². The van der Waals surface area contributed by atoms with Gasteiger partial charge in [-0.25, -0.2) is 0 Å². The Bertz CT molecular complexity index is 319. The number of hydrogen-bond acceptors (Lipinski definition) is 0. The third-order valence-corrected chi connectivity index (χ3v) is 2.00. The van der Waals surface area contributed by atoms with Crippen LogP contribution < -0.4 is 0 Å². The summed E-state index contributed by atoms with van der Waals surface area (Å²) in [4.78, 5) is 0. The maximum Gasteiger partial charge on any atom is -0.0187 e.